The minimum absolute atomic E-state index is 0.0135. The van der Waals surface area contributed by atoms with Gasteiger partial charge in [0.1, 0.15) is 11.5 Å². The van der Waals surface area contributed by atoms with Gasteiger partial charge in [0.15, 0.2) is 16.8 Å². The lowest BCUT2D eigenvalue weighted by molar-refractivity contribution is 0.363. The van der Waals surface area contributed by atoms with Crippen molar-refractivity contribution in [2.75, 3.05) is 29.0 Å². The third-order valence-corrected chi connectivity index (χ3v) is 4.57. The van der Waals surface area contributed by atoms with E-state index in [-0.39, 0.29) is 28.0 Å². The molecule has 0 amide bonds. The Morgan fingerprint density at radius 1 is 1.36 bits per heavy atom. The summed E-state index contributed by atoms with van der Waals surface area (Å²) in [5.41, 5.74) is 12.8. The second-order valence-corrected chi connectivity index (χ2v) is 6.80. The van der Waals surface area contributed by atoms with Gasteiger partial charge in [-0.25, -0.2) is 15.0 Å². The van der Waals surface area contributed by atoms with Gasteiger partial charge in [-0.1, -0.05) is 11.6 Å². The van der Waals surface area contributed by atoms with Crippen molar-refractivity contribution in [3.63, 3.8) is 0 Å². The molecule has 9 heteroatoms. The monoisotopic (exact) mass is 360 g/mol. The van der Waals surface area contributed by atoms with Crippen LogP contribution in [0.4, 0.5) is 17.3 Å². The number of pyridine rings is 1. The van der Waals surface area contributed by atoms with Crippen LogP contribution in [0, 0.1) is 5.41 Å². The number of nitrogen functional groups attached to an aromatic ring is 1. The standard InChI is InChI=1S/C16H21ClN8/c1-16(20)4-7-25(8-5-16)11-9-22-12(15(19)24-11)14(18)23-10-3-2-6-21-13(10)17/h2-3,6,9H,4-5,7-8,20H2,1H3,(H2,18,23)(H2,19,24). The summed E-state index contributed by atoms with van der Waals surface area (Å²) in [7, 11) is 0. The largest absolute Gasteiger partial charge is 0.382 e. The fourth-order valence-electron chi connectivity index (χ4n) is 2.66. The Bertz CT molecular complexity index is 781. The van der Waals surface area contributed by atoms with E-state index >= 15 is 0 Å². The van der Waals surface area contributed by atoms with Gasteiger partial charge < -0.3 is 21.7 Å². The van der Waals surface area contributed by atoms with Crippen LogP contribution in [0.25, 0.3) is 0 Å². The molecule has 8 nitrogen and oxygen atoms in total. The van der Waals surface area contributed by atoms with Gasteiger partial charge in [-0.15, -0.1) is 0 Å². The van der Waals surface area contributed by atoms with E-state index in [1.807, 2.05) is 0 Å². The predicted octanol–water partition coefficient (Wildman–Crippen LogP) is 1.86. The Morgan fingerprint density at radius 2 is 2.08 bits per heavy atom. The number of halogens is 1. The summed E-state index contributed by atoms with van der Waals surface area (Å²) >= 11 is 5.99. The average molecular weight is 361 g/mol. The molecule has 25 heavy (non-hydrogen) atoms. The van der Waals surface area contributed by atoms with Crippen LogP contribution >= 0.6 is 11.6 Å². The molecule has 0 radical (unpaired) electrons. The summed E-state index contributed by atoms with van der Waals surface area (Å²) < 4.78 is 0. The number of aromatic nitrogens is 3. The predicted molar refractivity (Wildman–Crippen MR) is 100 cm³/mol. The Balaban J connectivity index is 1.74. The molecule has 0 spiro atoms. The van der Waals surface area contributed by atoms with Crippen LogP contribution in [0.5, 0.6) is 0 Å². The third-order valence-electron chi connectivity index (χ3n) is 4.27. The van der Waals surface area contributed by atoms with Crippen LogP contribution < -0.4 is 21.7 Å². The van der Waals surface area contributed by atoms with Gasteiger partial charge in [-0.05, 0) is 31.9 Å². The van der Waals surface area contributed by atoms with Crippen molar-refractivity contribution in [1.29, 1.82) is 5.41 Å². The van der Waals surface area contributed by atoms with Gasteiger partial charge in [0.2, 0.25) is 0 Å². The molecule has 0 saturated carbocycles. The van der Waals surface area contributed by atoms with Crippen LogP contribution in [0.3, 0.4) is 0 Å². The van der Waals surface area contributed by atoms with Crippen molar-refractivity contribution in [1.82, 2.24) is 15.0 Å². The minimum Gasteiger partial charge on any atom is -0.382 e. The van der Waals surface area contributed by atoms with Crippen LogP contribution in [0.1, 0.15) is 25.5 Å². The molecule has 0 aliphatic carbocycles. The van der Waals surface area contributed by atoms with E-state index in [4.69, 9.17) is 28.5 Å². The van der Waals surface area contributed by atoms with Crippen LogP contribution in [0.15, 0.2) is 24.5 Å². The highest BCUT2D eigenvalue weighted by Crippen LogP contribution is 2.24. The van der Waals surface area contributed by atoms with Gasteiger partial charge in [0.05, 0.1) is 11.9 Å². The number of nitrogens with one attached hydrogen (secondary N) is 2. The molecule has 1 saturated heterocycles. The van der Waals surface area contributed by atoms with Crippen LogP contribution in [-0.2, 0) is 0 Å². The Labute approximate surface area is 151 Å². The molecule has 6 N–H and O–H groups in total. The number of piperidine rings is 1. The number of nitrogens with two attached hydrogens (primary N) is 2. The number of nitrogens with zero attached hydrogens (tertiary/aromatic N) is 4. The normalized spacial score (nSPS) is 16.5. The molecule has 2 aromatic rings. The molecular weight excluding hydrogens is 340 g/mol. The molecule has 0 bridgehead atoms. The number of anilines is 3. The summed E-state index contributed by atoms with van der Waals surface area (Å²) in [5.74, 6) is 0.902. The highest BCUT2D eigenvalue weighted by atomic mass is 35.5. The average Bonchev–Trinajstić information content (AvgIpc) is 2.56. The van der Waals surface area contributed by atoms with Crippen molar-refractivity contribution in [3.8, 4) is 0 Å². The number of hydrogen-bond acceptors (Lipinski definition) is 7. The van der Waals surface area contributed by atoms with E-state index in [0.717, 1.165) is 25.9 Å². The van der Waals surface area contributed by atoms with Crippen molar-refractivity contribution < 1.29 is 0 Å². The zero-order valence-electron chi connectivity index (χ0n) is 14.0. The molecule has 1 aliphatic heterocycles. The van der Waals surface area contributed by atoms with Crippen molar-refractivity contribution in [2.24, 2.45) is 5.73 Å². The van der Waals surface area contributed by atoms with Gasteiger partial charge in [-0.2, -0.15) is 0 Å². The summed E-state index contributed by atoms with van der Waals surface area (Å²) in [4.78, 5) is 14.8. The lowest BCUT2D eigenvalue weighted by atomic mass is 9.91. The molecule has 0 atom stereocenters. The molecule has 0 aromatic carbocycles. The second-order valence-electron chi connectivity index (χ2n) is 6.44. The van der Waals surface area contributed by atoms with Crippen LogP contribution in [-0.4, -0.2) is 39.4 Å². The van der Waals surface area contributed by atoms with Crippen molar-refractivity contribution in [2.45, 2.75) is 25.3 Å². The molecule has 3 heterocycles. The van der Waals surface area contributed by atoms with E-state index < -0.39 is 0 Å². The lowest BCUT2D eigenvalue weighted by Crippen LogP contribution is -2.48. The molecule has 2 aromatic heterocycles. The highest BCUT2D eigenvalue weighted by Gasteiger charge is 2.27. The highest BCUT2D eigenvalue weighted by molar-refractivity contribution is 6.32. The zero-order valence-corrected chi connectivity index (χ0v) is 14.7. The quantitative estimate of drug-likeness (QED) is 0.373. The molecule has 0 unspecified atom stereocenters. The van der Waals surface area contributed by atoms with Crippen molar-refractivity contribution in [3.05, 3.63) is 35.4 Å². The first-order chi connectivity index (χ1) is 11.9. The Morgan fingerprint density at radius 3 is 2.72 bits per heavy atom. The SMILES string of the molecule is CC1(N)CCN(c2cnc(C(=N)Nc3cccnc3Cl)c(N)n2)CC1. The summed E-state index contributed by atoms with van der Waals surface area (Å²) in [6, 6.07) is 3.45. The molecule has 132 valence electrons. The number of rotatable bonds is 3. The number of amidine groups is 1. The van der Waals surface area contributed by atoms with E-state index in [1.165, 1.54) is 0 Å². The molecular formula is C16H21ClN8. The fraction of sp³-hybridized carbons (Fsp3) is 0.375. The van der Waals surface area contributed by atoms with E-state index in [1.54, 1.807) is 24.5 Å². The van der Waals surface area contributed by atoms with Gasteiger partial charge in [0.25, 0.3) is 0 Å². The smallest absolute Gasteiger partial charge is 0.155 e. The lowest BCUT2D eigenvalue weighted by Gasteiger charge is -2.37. The van der Waals surface area contributed by atoms with Crippen molar-refractivity contribution >= 4 is 34.8 Å². The van der Waals surface area contributed by atoms with E-state index in [0.29, 0.717) is 11.5 Å². The maximum Gasteiger partial charge on any atom is 0.155 e. The fourth-order valence-corrected chi connectivity index (χ4v) is 2.83. The minimum atomic E-state index is -0.134. The van der Waals surface area contributed by atoms with Gasteiger partial charge in [-0.3, -0.25) is 5.41 Å². The third kappa shape index (κ3) is 3.97. The molecule has 1 fully saturated rings. The maximum atomic E-state index is 8.16. The summed E-state index contributed by atoms with van der Waals surface area (Å²) in [5, 5.41) is 11.3. The zero-order chi connectivity index (χ0) is 18.0. The second kappa shape index (κ2) is 6.81. The maximum absolute atomic E-state index is 8.16. The first-order valence-corrected chi connectivity index (χ1v) is 8.36. The Kier molecular flexibility index (Phi) is 4.73. The van der Waals surface area contributed by atoms with E-state index in [2.05, 4.69) is 32.1 Å². The Hall–Kier alpha value is -2.45. The first-order valence-electron chi connectivity index (χ1n) is 7.98. The summed E-state index contributed by atoms with van der Waals surface area (Å²) in [6.45, 7) is 3.67. The van der Waals surface area contributed by atoms with Gasteiger partial charge >= 0.3 is 0 Å². The molecule has 1 aliphatic rings. The number of hydrogen-bond donors (Lipinski definition) is 4. The molecule has 3 rings (SSSR count). The summed E-state index contributed by atoms with van der Waals surface area (Å²) in [6.07, 6.45) is 4.97. The van der Waals surface area contributed by atoms with Crippen LogP contribution in [0.2, 0.25) is 5.15 Å². The van der Waals surface area contributed by atoms with Gasteiger partial charge in [0, 0.05) is 24.8 Å². The first kappa shape index (κ1) is 17.4. The topological polar surface area (TPSA) is 130 Å². The van der Waals surface area contributed by atoms with E-state index in [9.17, 15) is 0 Å².